The van der Waals surface area contributed by atoms with Crippen LogP contribution in [0.15, 0.2) is 11.6 Å². The lowest BCUT2D eigenvalue weighted by Crippen LogP contribution is -2.49. The van der Waals surface area contributed by atoms with E-state index in [2.05, 4.69) is 40.7 Å². The van der Waals surface area contributed by atoms with Crippen molar-refractivity contribution in [3.8, 4) is 0 Å². The van der Waals surface area contributed by atoms with E-state index in [0.717, 1.165) is 6.42 Å². The van der Waals surface area contributed by atoms with E-state index in [0.29, 0.717) is 30.3 Å². The van der Waals surface area contributed by atoms with Crippen molar-refractivity contribution < 1.29 is 9.53 Å². The van der Waals surface area contributed by atoms with Crippen LogP contribution >= 0.6 is 0 Å². The molecule has 3 atom stereocenters. The Morgan fingerprint density at radius 3 is 1.89 bits per heavy atom. The number of unbranched alkanes of at least 4 members (excludes halogenated alkanes) is 14. The first kappa shape index (κ1) is 30.4. The summed E-state index contributed by atoms with van der Waals surface area (Å²) in [4.78, 5) is 12.5. The van der Waals surface area contributed by atoms with E-state index in [9.17, 15) is 4.79 Å². The van der Waals surface area contributed by atoms with Gasteiger partial charge in [-0.2, -0.15) is 0 Å². The van der Waals surface area contributed by atoms with Crippen LogP contribution in [0.4, 0.5) is 0 Å². The standard InChI is InChI=1S/C33H60O2/c1-6-7-8-9-10-11-12-13-14-15-16-17-18-19-20-22-31(34)35-27-29-28(2)23-24-30-32(3,4)25-21-26-33(29,30)5/h23,29-30H,6-22,24-27H2,1-5H3/t29-,30?,33+/m0/s1. The Morgan fingerprint density at radius 1 is 0.829 bits per heavy atom. The van der Waals surface area contributed by atoms with Gasteiger partial charge in [-0.15, -0.1) is 0 Å². The van der Waals surface area contributed by atoms with Gasteiger partial charge in [-0.05, 0) is 49.4 Å². The zero-order valence-electron chi connectivity index (χ0n) is 24.4. The van der Waals surface area contributed by atoms with Crippen molar-refractivity contribution in [3.63, 3.8) is 0 Å². The molecule has 2 rings (SSSR count). The second kappa shape index (κ2) is 16.1. The normalized spacial score (nSPS) is 25.7. The predicted octanol–water partition coefficient (Wildman–Crippen LogP) is 10.6. The van der Waals surface area contributed by atoms with Gasteiger partial charge in [0.2, 0.25) is 0 Å². The van der Waals surface area contributed by atoms with Crippen LogP contribution < -0.4 is 0 Å². The number of ether oxygens (including phenoxy) is 1. The first-order valence-corrected chi connectivity index (χ1v) is 15.6. The number of carbonyl (C=O) groups excluding carboxylic acids is 1. The van der Waals surface area contributed by atoms with Gasteiger partial charge in [-0.25, -0.2) is 0 Å². The lowest BCUT2D eigenvalue weighted by atomic mass is 9.49. The number of rotatable bonds is 18. The van der Waals surface area contributed by atoms with E-state index >= 15 is 0 Å². The molecule has 2 aliphatic carbocycles. The van der Waals surface area contributed by atoms with Gasteiger partial charge in [0, 0.05) is 12.3 Å². The Kier molecular flexibility index (Phi) is 14.0. The predicted molar refractivity (Wildman–Crippen MR) is 152 cm³/mol. The Labute approximate surface area is 219 Å². The SMILES string of the molecule is CCCCCCCCCCCCCCCCCC(=O)OC[C@H]1C(C)=CCC2C(C)(C)CCC[C@@]21C. The van der Waals surface area contributed by atoms with Crippen LogP contribution in [0, 0.1) is 22.7 Å². The molecule has 0 amide bonds. The highest BCUT2D eigenvalue weighted by atomic mass is 16.5. The van der Waals surface area contributed by atoms with E-state index in [1.54, 1.807) is 0 Å². The molecule has 2 nitrogen and oxygen atoms in total. The minimum absolute atomic E-state index is 0.0216. The molecule has 0 radical (unpaired) electrons. The molecule has 1 fully saturated rings. The van der Waals surface area contributed by atoms with Gasteiger partial charge in [0.1, 0.15) is 0 Å². The topological polar surface area (TPSA) is 26.3 Å². The van der Waals surface area contributed by atoms with Crippen LogP contribution in [-0.4, -0.2) is 12.6 Å². The third kappa shape index (κ3) is 10.2. The minimum Gasteiger partial charge on any atom is -0.465 e. The highest BCUT2D eigenvalue weighted by Crippen LogP contribution is 2.59. The van der Waals surface area contributed by atoms with E-state index in [4.69, 9.17) is 4.74 Å². The zero-order chi connectivity index (χ0) is 25.6. The van der Waals surface area contributed by atoms with Crippen LogP contribution in [0.1, 0.15) is 163 Å². The lowest BCUT2D eigenvalue weighted by molar-refractivity contribution is -0.148. The van der Waals surface area contributed by atoms with Crippen molar-refractivity contribution in [1.82, 2.24) is 0 Å². The molecule has 0 aromatic rings. The highest BCUT2D eigenvalue weighted by Gasteiger charge is 2.52. The maximum absolute atomic E-state index is 12.5. The maximum Gasteiger partial charge on any atom is 0.305 e. The second-order valence-electron chi connectivity index (χ2n) is 13.0. The molecule has 0 N–H and O–H groups in total. The average molecular weight is 489 g/mol. The fourth-order valence-corrected chi connectivity index (χ4v) is 7.35. The smallest absolute Gasteiger partial charge is 0.305 e. The summed E-state index contributed by atoms with van der Waals surface area (Å²) >= 11 is 0. The molecule has 1 saturated carbocycles. The summed E-state index contributed by atoms with van der Waals surface area (Å²) in [7, 11) is 0. The van der Waals surface area contributed by atoms with Gasteiger partial charge in [-0.1, -0.05) is 136 Å². The molecule has 0 aromatic carbocycles. The van der Waals surface area contributed by atoms with E-state index in [-0.39, 0.29) is 11.4 Å². The van der Waals surface area contributed by atoms with Crippen LogP contribution in [0.3, 0.4) is 0 Å². The summed E-state index contributed by atoms with van der Waals surface area (Å²) in [5, 5.41) is 0. The molecule has 35 heavy (non-hydrogen) atoms. The van der Waals surface area contributed by atoms with Crippen molar-refractivity contribution in [1.29, 1.82) is 0 Å². The summed E-state index contributed by atoms with van der Waals surface area (Å²) in [6, 6.07) is 0. The van der Waals surface area contributed by atoms with Crippen LogP contribution in [0.2, 0.25) is 0 Å². The minimum atomic E-state index is 0.0216. The lowest BCUT2D eigenvalue weighted by Gasteiger charge is -2.56. The average Bonchev–Trinajstić information content (AvgIpc) is 2.80. The van der Waals surface area contributed by atoms with Gasteiger partial charge >= 0.3 is 5.97 Å². The number of esters is 1. The fourth-order valence-electron chi connectivity index (χ4n) is 7.35. The molecule has 0 aromatic heterocycles. The van der Waals surface area contributed by atoms with Crippen LogP contribution in [0.25, 0.3) is 0 Å². The van der Waals surface area contributed by atoms with Crippen LogP contribution in [0.5, 0.6) is 0 Å². The second-order valence-corrected chi connectivity index (χ2v) is 13.0. The quantitative estimate of drug-likeness (QED) is 0.109. The van der Waals surface area contributed by atoms with Crippen molar-refractivity contribution in [2.24, 2.45) is 22.7 Å². The molecule has 0 saturated heterocycles. The molecule has 0 heterocycles. The largest absolute Gasteiger partial charge is 0.465 e. The van der Waals surface area contributed by atoms with Gasteiger partial charge in [0.25, 0.3) is 0 Å². The van der Waals surface area contributed by atoms with E-state index in [1.165, 1.54) is 121 Å². The summed E-state index contributed by atoms with van der Waals surface area (Å²) in [6.45, 7) is 12.5. The zero-order valence-corrected chi connectivity index (χ0v) is 24.4. The monoisotopic (exact) mass is 488 g/mol. The molecule has 0 bridgehead atoms. The number of fused-ring (bicyclic) bond motifs is 1. The van der Waals surface area contributed by atoms with Crippen molar-refractivity contribution in [2.45, 2.75) is 163 Å². The molecule has 0 aliphatic heterocycles. The summed E-state index contributed by atoms with van der Waals surface area (Å²) < 4.78 is 5.87. The molecular weight excluding hydrogens is 428 g/mol. The molecule has 1 unspecified atom stereocenters. The number of hydrogen-bond acceptors (Lipinski definition) is 2. The molecule has 204 valence electrons. The van der Waals surface area contributed by atoms with Crippen molar-refractivity contribution in [2.75, 3.05) is 6.61 Å². The van der Waals surface area contributed by atoms with Crippen molar-refractivity contribution >= 4 is 5.97 Å². The Bertz CT molecular complexity index is 619. The molecule has 2 aliphatic rings. The molecule has 2 heteroatoms. The molecule has 0 spiro atoms. The van der Waals surface area contributed by atoms with Crippen LogP contribution in [-0.2, 0) is 9.53 Å². The summed E-state index contributed by atoms with van der Waals surface area (Å²) in [5.74, 6) is 1.12. The van der Waals surface area contributed by atoms with Gasteiger partial charge in [0.15, 0.2) is 0 Å². The van der Waals surface area contributed by atoms with E-state index < -0.39 is 0 Å². The Balaban J connectivity index is 1.49. The first-order chi connectivity index (χ1) is 16.8. The Hall–Kier alpha value is -0.790. The number of allylic oxidation sites excluding steroid dienone is 1. The maximum atomic E-state index is 12.5. The highest BCUT2D eigenvalue weighted by molar-refractivity contribution is 5.69. The van der Waals surface area contributed by atoms with Gasteiger partial charge in [-0.3, -0.25) is 4.79 Å². The number of carbonyl (C=O) groups is 1. The fraction of sp³-hybridized carbons (Fsp3) is 0.909. The van der Waals surface area contributed by atoms with Gasteiger partial charge in [0.05, 0.1) is 6.61 Å². The molecular formula is C33H60O2. The Morgan fingerprint density at radius 2 is 1.34 bits per heavy atom. The van der Waals surface area contributed by atoms with E-state index in [1.807, 2.05) is 0 Å². The third-order valence-corrected chi connectivity index (χ3v) is 9.69. The number of hydrogen-bond donors (Lipinski definition) is 0. The summed E-state index contributed by atoms with van der Waals surface area (Å²) in [6.07, 6.45) is 28.4. The first-order valence-electron chi connectivity index (χ1n) is 15.6. The van der Waals surface area contributed by atoms with Gasteiger partial charge < -0.3 is 4.74 Å². The van der Waals surface area contributed by atoms with Crippen molar-refractivity contribution in [3.05, 3.63) is 11.6 Å². The third-order valence-electron chi connectivity index (χ3n) is 9.69. The summed E-state index contributed by atoms with van der Waals surface area (Å²) in [5.41, 5.74) is 2.11.